The third-order valence-electron chi connectivity index (χ3n) is 2.84. The van der Waals surface area contributed by atoms with Crippen molar-refractivity contribution in [2.45, 2.75) is 13.5 Å². The van der Waals surface area contributed by atoms with Crippen molar-refractivity contribution < 1.29 is 9.13 Å². The third-order valence-corrected chi connectivity index (χ3v) is 2.84. The van der Waals surface area contributed by atoms with Gasteiger partial charge in [0.15, 0.2) is 0 Å². The van der Waals surface area contributed by atoms with Crippen LogP contribution in [0.1, 0.15) is 18.1 Å². The van der Waals surface area contributed by atoms with Crippen LogP contribution in [-0.4, -0.2) is 6.61 Å². The number of nitrogens with one attached hydrogen (secondary N) is 1. The molecule has 3 nitrogen and oxygen atoms in total. The number of hydrogen-bond donors (Lipinski definition) is 1. The van der Waals surface area contributed by atoms with Crippen LogP contribution in [0.25, 0.3) is 0 Å². The Kier molecular flexibility index (Phi) is 4.56. The fourth-order valence-corrected chi connectivity index (χ4v) is 1.90. The van der Waals surface area contributed by atoms with E-state index in [1.54, 1.807) is 6.07 Å². The molecule has 2 rings (SSSR count). The van der Waals surface area contributed by atoms with Gasteiger partial charge in [0, 0.05) is 12.1 Å². The van der Waals surface area contributed by atoms with Gasteiger partial charge in [-0.25, -0.2) is 4.39 Å². The van der Waals surface area contributed by atoms with Crippen molar-refractivity contribution in [2.75, 3.05) is 11.9 Å². The number of para-hydroxylation sites is 1. The summed E-state index contributed by atoms with van der Waals surface area (Å²) in [4.78, 5) is 0. The fraction of sp³-hybridized carbons (Fsp3) is 0.188. The highest BCUT2D eigenvalue weighted by atomic mass is 19.1. The first kappa shape index (κ1) is 13.9. The topological polar surface area (TPSA) is 45.0 Å². The van der Waals surface area contributed by atoms with Gasteiger partial charge in [-0.2, -0.15) is 5.26 Å². The molecule has 0 bridgehead atoms. The maximum Gasteiger partial charge on any atom is 0.124 e. The predicted molar refractivity (Wildman–Crippen MR) is 76.1 cm³/mol. The van der Waals surface area contributed by atoms with Crippen LogP contribution in [0.2, 0.25) is 0 Å². The molecule has 0 amide bonds. The summed E-state index contributed by atoms with van der Waals surface area (Å²) < 4.78 is 18.6. The first-order chi connectivity index (χ1) is 9.74. The SMILES string of the molecule is CCOc1ccccc1CNc1ccc(F)cc1C#N. The summed E-state index contributed by atoms with van der Waals surface area (Å²) in [7, 11) is 0. The van der Waals surface area contributed by atoms with E-state index in [4.69, 9.17) is 10.00 Å². The van der Waals surface area contributed by atoms with Crippen molar-refractivity contribution in [3.8, 4) is 11.8 Å². The minimum Gasteiger partial charge on any atom is -0.494 e. The van der Waals surface area contributed by atoms with Crippen molar-refractivity contribution in [2.24, 2.45) is 0 Å². The number of rotatable bonds is 5. The highest BCUT2D eigenvalue weighted by Crippen LogP contribution is 2.21. The molecule has 0 saturated carbocycles. The second-order valence-corrected chi connectivity index (χ2v) is 4.20. The molecule has 0 aliphatic carbocycles. The molecule has 0 fully saturated rings. The molecule has 0 heterocycles. The van der Waals surface area contributed by atoms with Crippen LogP contribution >= 0.6 is 0 Å². The number of hydrogen-bond acceptors (Lipinski definition) is 3. The average molecular weight is 270 g/mol. The molecule has 0 aromatic heterocycles. The van der Waals surface area contributed by atoms with E-state index in [-0.39, 0.29) is 0 Å². The van der Waals surface area contributed by atoms with Crippen LogP contribution < -0.4 is 10.1 Å². The number of nitrogens with zero attached hydrogens (tertiary/aromatic N) is 1. The highest BCUT2D eigenvalue weighted by Gasteiger charge is 2.06. The number of benzene rings is 2. The van der Waals surface area contributed by atoms with Crippen LogP contribution in [0.3, 0.4) is 0 Å². The smallest absolute Gasteiger partial charge is 0.124 e. The lowest BCUT2D eigenvalue weighted by Gasteiger charge is -2.12. The summed E-state index contributed by atoms with van der Waals surface area (Å²) in [5.74, 6) is 0.393. The maximum atomic E-state index is 13.1. The third kappa shape index (κ3) is 3.27. The van der Waals surface area contributed by atoms with Gasteiger partial charge in [0.05, 0.1) is 17.9 Å². The zero-order valence-electron chi connectivity index (χ0n) is 11.2. The first-order valence-corrected chi connectivity index (χ1v) is 6.38. The van der Waals surface area contributed by atoms with Gasteiger partial charge in [-0.15, -0.1) is 0 Å². The van der Waals surface area contributed by atoms with Gasteiger partial charge in [0.25, 0.3) is 0 Å². The minimum absolute atomic E-state index is 0.291. The van der Waals surface area contributed by atoms with Crippen LogP contribution in [0.4, 0.5) is 10.1 Å². The first-order valence-electron chi connectivity index (χ1n) is 6.38. The molecular formula is C16H15FN2O. The summed E-state index contributed by atoms with van der Waals surface area (Å²) in [5, 5.41) is 12.1. The van der Waals surface area contributed by atoms with Crippen molar-refractivity contribution in [3.05, 3.63) is 59.4 Å². The van der Waals surface area contributed by atoms with Gasteiger partial charge in [0.2, 0.25) is 0 Å². The van der Waals surface area contributed by atoms with Crippen molar-refractivity contribution in [1.29, 1.82) is 5.26 Å². The minimum atomic E-state index is -0.415. The van der Waals surface area contributed by atoms with Gasteiger partial charge in [0.1, 0.15) is 17.6 Å². The molecule has 1 N–H and O–H groups in total. The Morgan fingerprint density at radius 2 is 2.05 bits per heavy atom. The van der Waals surface area contributed by atoms with E-state index in [9.17, 15) is 4.39 Å². The van der Waals surface area contributed by atoms with E-state index in [0.29, 0.717) is 24.4 Å². The molecule has 0 unspecified atom stereocenters. The van der Waals surface area contributed by atoms with E-state index < -0.39 is 5.82 Å². The molecular weight excluding hydrogens is 255 g/mol. The molecule has 20 heavy (non-hydrogen) atoms. The molecule has 0 saturated heterocycles. The van der Waals surface area contributed by atoms with Crippen molar-refractivity contribution >= 4 is 5.69 Å². The maximum absolute atomic E-state index is 13.1. The number of halogens is 1. The Bertz CT molecular complexity index is 635. The highest BCUT2D eigenvalue weighted by molar-refractivity contribution is 5.57. The lowest BCUT2D eigenvalue weighted by atomic mass is 10.1. The van der Waals surface area contributed by atoms with Crippen molar-refractivity contribution in [3.63, 3.8) is 0 Å². The average Bonchev–Trinajstić information content (AvgIpc) is 2.47. The standard InChI is InChI=1S/C16H15FN2O/c1-2-20-16-6-4-3-5-12(16)11-19-15-8-7-14(17)9-13(15)10-18/h3-9,19H,2,11H2,1H3. The summed E-state index contributed by atoms with van der Waals surface area (Å²) in [6, 6.07) is 13.8. The van der Waals surface area contributed by atoms with Crippen LogP contribution in [0.5, 0.6) is 5.75 Å². The Balaban J connectivity index is 2.15. The Morgan fingerprint density at radius 1 is 1.25 bits per heavy atom. The van der Waals surface area contributed by atoms with E-state index >= 15 is 0 Å². The van der Waals surface area contributed by atoms with Gasteiger partial charge in [-0.05, 0) is 31.2 Å². The second-order valence-electron chi connectivity index (χ2n) is 4.20. The lowest BCUT2D eigenvalue weighted by Crippen LogP contribution is -2.04. The van der Waals surface area contributed by atoms with Crippen LogP contribution in [0, 0.1) is 17.1 Å². The molecule has 4 heteroatoms. The molecule has 0 aliphatic heterocycles. The van der Waals surface area contributed by atoms with E-state index in [1.807, 2.05) is 37.3 Å². The molecule has 102 valence electrons. The lowest BCUT2D eigenvalue weighted by molar-refractivity contribution is 0.337. The second kappa shape index (κ2) is 6.58. The summed E-state index contributed by atoms with van der Waals surface area (Å²) in [6.45, 7) is 3.03. The molecule has 0 atom stereocenters. The van der Waals surface area contributed by atoms with Gasteiger partial charge < -0.3 is 10.1 Å². The number of ether oxygens (including phenoxy) is 1. The van der Waals surface area contributed by atoms with Gasteiger partial charge in [-0.3, -0.25) is 0 Å². The molecule has 0 spiro atoms. The summed E-state index contributed by atoms with van der Waals surface area (Å²) in [6.07, 6.45) is 0. The van der Waals surface area contributed by atoms with Crippen molar-refractivity contribution in [1.82, 2.24) is 0 Å². The quantitative estimate of drug-likeness (QED) is 0.900. The zero-order valence-corrected chi connectivity index (χ0v) is 11.2. The van der Waals surface area contributed by atoms with Crippen LogP contribution in [-0.2, 0) is 6.54 Å². The molecule has 2 aromatic carbocycles. The van der Waals surface area contributed by atoms with Crippen LogP contribution in [0.15, 0.2) is 42.5 Å². The summed E-state index contributed by atoms with van der Waals surface area (Å²) >= 11 is 0. The van der Waals surface area contributed by atoms with E-state index in [2.05, 4.69) is 5.32 Å². The zero-order chi connectivity index (χ0) is 14.4. The van der Waals surface area contributed by atoms with E-state index in [1.165, 1.54) is 12.1 Å². The van der Waals surface area contributed by atoms with Gasteiger partial charge >= 0.3 is 0 Å². The number of nitriles is 1. The Labute approximate surface area is 117 Å². The molecule has 0 aliphatic rings. The fourth-order valence-electron chi connectivity index (χ4n) is 1.90. The molecule has 0 radical (unpaired) electrons. The predicted octanol–water partition coefficient (Wildman–Crippen LogP) is 3.71. The molecule has 2 aromatic rings. The number of anilines is 1. The Morgan fingerprint density at radius 3 is 2.80 bits per heavy atom. The normalized spacial score (nSPS) is 9.85. The monoisotopic (exact) mass is 270 g/mol. The van der Waals surface area contributed by atoms with E-state index in [0.717, 1.165) is 11.3 Å². The largest absolute Gasteiger partial charge is 0.494 e. The summed E-state index contributed by atoms with van der Waals surface area (Å²) in [5.41, 5.74) is 1.89. The Hall–Kier alpha value is -2.54. The van der Waals surface area contributed by atoms with Gasteiger partial charge in [-0.1, -0.05) is 18.2 Å².